The molecule has 0 bridgehead atoms. The van der Waals surface area contributed by atoms with Crippen LogP contribution in [0.15, 0.2) is 90.4 Å². The zero-order valence-corrected chi connectivity index (χ0v) is 38.0. The summed E-state index contributed by atoms with van der Waals surface area (Å²) in [5, 5.41) is 20.7. The number of hydrogen-bond donors (Lipinski definition) is 4. The first-order valence-electron chi connectivity index (χ1n) is 22.4. The van der Waals surface area contributed by atoms with Crippen molar-refractivity contribution in [2.24, 2.45) is 0 Å². The summed E-state index contributed by atoms with van der Waals surface area (Å²) in [4.78, 5) is 101. The molecule has 4 aliphatic heterocycles. The van der Waals surface area contributed by atoms with E-state index in [1.54, 1.807) is 23.6 Å². The van der Waals surface area contributed by atoms with Gasteiger partial charge >= 0.3 is 0 Å². The van der Waals surface area contributed by atoms with Crippen molar-refractivity contribution in [2.75, 3.05) is 74.7 Å². The fourth-order valence-corrected chi connectivity index (χ4v) is 9.54. The van der Waals surface area contributed by atoms with Gasteiger partial charge in [-0.3, -0.25) is 49.1 Å². The molecule has 18 nitrogen and oxygen atoms in total. The van der Waals surface area contributed by atoms with E-state index in [1.165, 1.54) is 28.5 Å². The Bertz CT molecular complexity index is 2820. The molecule has 5 heterocycles. The Labute approximate surface area is 399 Å². The van der Waals surface area contributed by atoms with Gasteiger partial charge in [-0.25, -0.2) is 9.37 Å². The minimum Gasteiger partial charge on any atom is -0.508 e. The summed E-state index contributed by atoms with van der Waals surface area (Å²) in [7, 11) is 0. The number of phenolic OH excluding ortho intramolecular Hbond substituents is 1. The number of halogens is 1. The Hall–Kier alpha value is -7.55. The van der Waals surface area contributed by atoms with Gasteiger partial charge in [0.1, 0.15) is 23.7 Å². The molecule has 69 heavy (non-hydrogen) atoms. The van der Waals surface area contributed by atoms with Crippen molar-refractivity contribution < 1.29 is 52.5 Å². The van der Waals surface area contributed by atoms with E-state index in [1.807, 2.05) is 41.3 Å². The molecular weight excluding hydrogens is 912 g/mol. The summed E-state index contributed by atoms with van der Waals surface area (Å²) in [6.07, 6.45) is 1.87. The molecule has 1 aromatic heterocycles. The number of phenols is 1. The van der Waals surface area contributed by atoms with Gasteiger partial charge in [0.15, 0.2) is 5.13 Å². The monoisotopic (exact) mass is 958 g/mol. The highest BCUT2D eigenvalue weighted by Crippen LogP contribution is 2.38. The van der Waals surface area contributed by atoms with Crippen LogP contribution < -0.4 is 20.9 Å². The first kappa shape index (κ1) is 46.6. The van der Waals surface area contributed by atoms with Crippen LogP contribution in [-0.2, 0) is 35.2 Å². The van der Waals surface area contributed by atoms with Gasteiger partial charge in [0, 0.05) is 79.8 Å². The lowest BCUT2D eigenvalue weighted by atomic mass is 10.00. The number of aromatic hydroxyl groups is 1. The predicted octanol–water partition coefficient (Wildman–Crippen LogP) is 4.58. The van der Waals surface area contributed by atoms with Crippen LogP contribution in [0, 0.1) is 5.82 Å². The van der Waals surface area contributed by atoms with Crippen LogP contribution in [0.5, 0.6) is 5.75 Å². The van der Waals surface area contributed by atoms with Gasteiger partial charge in [-0.1, -0.05) is 30.3 Å². The van der Waals surface area contributed by atoms with Crippen LogP contribution in [0.4, 0.5) is 20.9 Å². The Morgan fingerprint density at radius 2 is 1.62 bits per heavy atom. The van der Waals surface area contributed by atoms with Gasteiger partial charge in [0.25, 0.3) is 23.6 Å². The fraction of sp³-hybridized carbons (Fsp3) is 0.306. The number of thiazole rings is 1. The molecule has 4 aliphatic rings. The minimum atomic E-state index is -1.33. The number of nitrogens with zero attached hydrogens (tertiary/aromatic N) is 5. The fourth-order valence-electron chi connectivity index (χ4n) is 9.00. The highest BCUT2D eigenvalue weighted by Gasteiger charge is 2.46. The number of piperidine rings is 1. The van der Waals surface area contributed by atoms with Crippen LogP contribution >= 0.6 is 11.3 Å². The van der Waals surface area contributed by atoms with E-state index in [2.05, 4.69) is 25.8 Å². The number of carbonyl (C=O) groups is 7. The van der Waals surface area contributed by atoms with Gasteiger partial charge in [0.05, 0.1) is 44.0 Å². The van der Waals surface area contributed by atoms with Gasteiger partial charge in [0.2, 0.25) is 17.7 Å². The third-order valence-electron chi connectivity index (χ3n) is 12.5. The Morgan fingerprint density at radius 3 is 2.38 bits per heavy atom. The van der Waals surface area contributed by atoms with E-state index in [0.717, 1.165) is 39.9 Å². The molecule has 2 atom stereocenters. The lowest BCUT2D eigenvalue weighted by Gasteiger charge is -2.36. The molecule has 5 aromatic rings. The molecule has 0 aliphatic carbocycles. The standard InChI is InChI=1S/C49H47FN8O10S/c50-32-8-12-39(59)36(27-32)43(45(63)54-49-52-16-25-69-49)57-28-31-5-4-30(26-35(31)46(57)64)29-6-9-33(10-7-29)55-17-19-56(20-18-55)41(61)14-21-67-23-24-68-22-15-51-37-3-1-2-34-42(37)48(66)58(47(34)65)38-11-13-40(60)53-44(38)62/h1-10,12,16,25-27,38,43,51,59H,11,13-15,17-24,28H2,(H,52,54,63)(H,53,60,62). The maximum atomic E-state index is 14.4. The van der Waals surface area contributed by atoms with Crippen molar-refractivity contribution in [1.29, 1.82) is 0 Å². The van der Waals surface area contributed by atoms with E-state index >= 15 is 0 Å². The normalized spacial score (nSPS) is 17.2. The van der Waals surface area contributed by atoms with Crippen molar-refractivity contribution in [3.8, 4) is 16.9 Å². The van der Waals surface area contributed by atoms with Gasteiger partial charge in [-0.2, -0.15) is 0 Å². The molecule has 356 valence electrons. The maximum absolute atomic E-state index is 14.4. The third-order valence-corrected chi connectivity index (χ3v) is 13.2. The summed E-state index contributed by atoms with van der Waals surface area (Å²) in [6.45, 7) is 3.87. The first-order valence-corrected chi connectivity index (χ1v) is 23.3. The predicted molar refractivity (Wildman–Crippen MR) is 250 cm³/mol. The van der Waals surface area contributed by atoms with Crippen LogP contribution in [0.25, 0.3) is 11.1 Å². The van der Waals surface area contributed by atoms with Gasteiger partial charge < -0.3 is 34.6 Å². The van der Waals surface area contributed by atoms with E-state index < -0.39 is 53.3 Å². The van der Waals surface area contributed by atoms with Crippen LogP contribution in [0.2, 0.25) is 0 Å². The Balaban J connectivity index is 0.695. The number of imide groups is 2. The summed E-state index contributed by atoms with van der Waals surface area (Å²) in [5.41, 5.74) is 4.51. The molecule has 0 radical (unpaired) electrons. The molecular formula is C49H47FN8O10S. The topological polar surface area (TPSA) is 220 Å². The minimum absolute atomic E-state index is 0.00127. The number of rotatable bonds is 17. The Morgan fingerprint density at radius 1 is 0.855 bits per heavy atom. The first-order chi connectivity index (χ1) is 33.4. The molecule has 9 rings (SSSR count). The smallest absolute Gasteiger partial charge is 0.264 e. The molecule has 2 saturated heterocycles. The number of benzene rings is 4. The number of piperazine rings is 1. The van der Waals surface area contributed by atoms with Crippen molar-refractivity contribution in [3.05, 3.63) is 124 Å². The van der Waals surface area contributed by atoms with Gasteiger partial charge in [-0.15, -0.1) is 11.3 Å². The number of anilines is 3. The molecule has 2 fully saturated rings. The lowest BCUT2D eigenvalue weighted by Crippen LogP contribution is -2.54. The second-order valence-corrected chi connectivity index (χ2v) is 17.6. The van der Waals surface area contributed by atoms with E-state index in [-0.39, 0.29) is 80.6 Å². The van der Waals surface area contributed by atoms with E-state index in [0.29, 0.717) is 54.7 Å². The molecule has 2 unspecified atom stereocenters. The second kappa shape index (κ2) is 20.4. The number of ether oxygens (including phenoxy) is 2. The van der Waals surface area contributed by atoms with E-state index in [4.69, 9.17) is 9.47 Å². The molecule has 4 aromatic carbocycles. The lowest BCUT2D eigenvalue weighted by molar-refractivity contribution is -0.136. The maximum Gasteiger partial charge on any atom is 0.264 e. The Kier molecular flexibility index (Phi) is 13.7. The highest BCUT2D eigenvalue weighted by molar-refractivity contribution is 7.13. The molecule has 0 saturated carbocycles. The SMILES string of the molecule is O=C1CCC(N2C(=O)c3cccc(NCCOCCOCCC(=O)N4CCN(c5ccc(-c6ccc7c(c6)C(=O)N(C(C(=O)Nc6nccs6)c6cc(F)ccc6O)C7)cc5)CC4)c3C2=O)C(=O)N1. The van der Waals surface area contributed by atoms with Crippen molar-refractivity contribution in [2.45, 2.75) is 37.9 Å². The number of fused-ring (bicyclic) bond motifs is 2. The van der Waals surface area contributed by atoms with E-state index in [9.17, 15) is 43.1 Å². The summed E-state index contributed by atoms with van der Waals surface area (Å²) < 4.78 is 25.8. The van der Waals surface area contributed by atoms with Crippen molar-refractivity contribution >= 4 is 69.2 Å². The summed E-state index contributed by atoms with van der Waals surface area (Å²) >= 11 is 1.19. The highest BCUT2D eigenvalue weighted by atomic mass is 32.1. The quantitative estimate of drug-likeness (QED) is 0.0742. The molecule has 7 amide bonds. The zero-order chi connectivity index (χ0) is 48.2. The molecule has 0 spiro atoms. The van der Waals surface area contributed by atoms with Gasteiger partial charge in [-0.05, 0) is 71.6 Å². The average Bonchev–Trinajstić information content (AvgIpc) is 4.05. The number of hydrogen-bond acceptors (Lipinski definition) is 14. The average molecular weight is 959 g/mol. The zero-order valence-electron chi connectivity index (χ0n) is 37.2. The number of carbonyl (C=O) groups excluding carboxylic acids is 7. The van der Waals surface area contributed by atoms with Crippen molar-refractivity contribution in [3.63, 3.8) is 0 Å². The van der Waals surface area contributed by atoms with Crippen LogP contribution in [-0.4, -0.2) is 131 Å². The molecule has 20 heteroatoms. The number of amides is 7. The largest absolute Gasteiger partial charge is 0.508 e. The summed E-state index contributed by atoms with van der Waals surface area (Å²) in [6, 6.07) is 19.2. The number of nitrogens with one attached hydrogen (secondary N) is 3. The number of aromatic nitrogens is 1. The van der Waals surface area contributed by atoms with Crippen molar-refractivity contribution in [1.82, 2.24) is 25.0 Å². The summed E-state index contributed by atoms with van der Waals surface area (Å²) in [5.74, 6) is -4.32. The molecule has 4 N–H and O–H groups in total. The van der Waals surface area contributed by atoms with Crippen LogP contribution in [0.1, 0.15) is 67.5 Å². The van der Waals surface area contributed by atoms with Crippen LogP contribution in [0.3, 0.4) is 0 Å². The third kappa shape index (κ3) is 9.90. The second-order valence-electron chi connectivity index (χ2n) is 16.7.